The van der Waals surface area contributed by atoms with E-state index in [0.29, 0.717) is 37.2 Å². The number of piperazine rings is 1. The summed E-state index contributed by atoms with van der Waals surface area (Å²) in [4.78, 5) is 49.9. The first-order valence-electron chi connectivity index (χ1n) is 16.6. The molecule has 3 aromatic carbocycles. The molecule has 4 aromatic rings. The van der Waals surface area contributed by atoms with Gasteiger partial charge in [-0.05, 0) is 72.9 Å². The third-order valence-corrected chi connectivity index (χ3v) is 9.86. The third-order valence-electron chi connectivity index (χ3n) is 9.86. The lowest BCUT2D eigenvalue weighted by molar-refractivity contribution is -0.159. The lowest BCUT2D eigenvalue weighted by Gasteiger charge is -2.46. The molecule has 2 heterocycles. The van der Waals surface area contributed by atoms with E-state index >= 15 is 0 Å². The van der Waals surface area contributed by atoms with Gasteiger partial charge in [-0.1, -0.05) is 93.1 Å². The molecule has 1 aromatic heterocycles. The van der Waals surface area contributed by atoms with Gasteiger partial charge in [0.1, 0.15) is 30.5 Å². The number of carbonyl (C=O) groups excluding carboxylic acids is 3. The van der Waals surface area contributed by atoms with E-state index in [4.69, 9.17) is 4.74 Å². The minimum Gasteiger partial charge on any atom is -0.489 e. The Hall–Kier alpha value is -4.78. The van der Waals surface area contributed by atoms with Gasteiger partial charge in [0.15, 0.2) is 5.78 Å². The van der Waals surface area contributed by atoms with Crippen molar-refractivity contribution in [2.45, 2.75) is 78.1 Å². The number of rotatable bonds is 11. The van der Waals surface area contributed by atoms with Crippen LogP contribution in [0, 0.1) is 25.7 Å². The van der Waals surface area contributed by atoms with Crippen LogP contribution in [0.5, 0.6) is 5.75 Å². The van der Waals surface area contributed by atoms with Crippen LogP contribution in [0.3, 0.4) is 0 Å². The molecule has 0 radical (unpaired) electrons. The number of fused-ring (bicyclic) bond motifs is 1. The van der Waals surface area contributed by atoms with Crippen LogP contribution in [-0.2, 0) is 40.3 Å². The van der Waals surface area contributed by atoms with E-state index in [1.807, 2.05) is 100 Å². The molecule has 0 saturated carbocycles. The maximum absolute atomic E-state index is 14.8. The van der Waals surface area contributed by atoms with Crippen molar-refractivity contribution in [3.05, 3.63) is 130 Å². The number of ether oxygens (including phenoxy) is 1. The van der Waals surface area contributed by atoms with Crippen molar-refractivity contribution in [1.29, 1.82) is 0 Å². The number of pyridine rings is 1. The number of nitrogens with one attached hydrogen (secondary N) is 1. The molecule has 47 heavy (non-hydrogen) atoms. The number of hydrogen-bond acceptors (Lipinski definition) is 5. The van der Waals surface area contributed by atoms with Crippen LogP contribution >= 0.6 is 0 Å². The summed E-state index contributed by atoms with van der Waals surface area (Å²) in [6.07, 6.45) is 3.80. The van der Waals surface area contributed by atoms with E-state index in [9.17, 15) is 14.4 Å². The molecule has 7 heteroatoms. The summed E-state index contributed by atoms with van der Waals surface area (Å²) in [5, 5.41) is 3.12. The molecule has 0 unspecified atom stereocenters. The molecule has 1 saturated heterocycles. The van der Waals surface area contributed by atoms with Crippen LogP contribution in [-0.4, -0.2) is 39.6 Å². The number of carbonyl (C=O) groups is 3. The van der Waals surface area contributed by atoms with Crippen molar-refractivity contribution in [1.82, 2.24) is 15.2 Å². The number of aryl methyl sites for hydroxylation is 2. The van der Waals surface area contributed by atoms with Gasteiger partial charge in [-0.3, -0.25) is 19.4 Å². The molecule has 2 amide bonds. The Kier molecular flexibility index (Phi) is 9.53. The number of nitrogens with zero attached hydrogens (tertiary/aromatic N) is 2. The fourth-order valence-electron chi connectivity index (χ4n) is 7.20. The number of Topliss-reactive ketones (excluding diaryl/α,β-unsaturated/α-hetero) is 1. The highest BCUT2D eigenvalue weighted by Crippen LogP contribution is 2.38. The summed E-state index contributed by atoms with van der Waals surface area (Å²) in [5.74, 6) is -0.244. The SMILES string of the molecule is CC[C@H](C)[C@@H]1C(=O)N[C@H](C2Cc3ccccc3C2)C(=O)N1[C@@H](C(=O)Cc1ccccc1OCc1ccccc1)c1cnc(C)cc1C. The normalized spacial score (nSPS) is 19.2. The smallest absolute Gasteiger partial charge is 0.247 e. The second-order valence-electron chi connectivity index (χ2n) is 13.1. The molecule has 2 aliphatic rings. The van der Waals surface area contributed by atoms with Crippen molar-refractivity contribution in [2.75, 3.05) is 0 Å². The average molecular weight is 630 g/mol. The highest BCUT2D eigenvalue weighted by atomic mass is 16.5. The Labute approximate surface area is 277 Å². The van der Waals surface area contributed by atoms with Gasteiger partial charge in [-0.2, -0.15) is 0 Å². The summed E-state index contributed by atoms with van der Waals surface area (Å²) in [7, 11) is 0. The largest absolute Gasteiger partial charge is 0.489 e. The molecule has 242 valence electrons. The Morgan fingerprint density at radius 1 is 0.957 bits per heavy atom. The minimum atomic E-state index is -0.992. The van der Waals surface area contributed by atoms with Gasteiger partial charge >= 0.3 is 0 Å². The summed E-state index contributed by atoms with van der Waals surface area (Å²) >= 11 is 0. The van der Waals surface area contributed by atoms with Gasteiger partial charge in [0.25, 0.3) is 0 Å². The molecule has 7 nitrogen and oxygen atoms in total. The Morgan fingerprint density at radius 2 is 1.62 bits per heavy atom. The highest BCUT2D eigenvalue weighted by molar-refractivity contribution is 6.01. The van der Waals surface area contributed by atoms with Crippen molar-refractivity contribution in [2.24, 2.45) is 11.8 Å². The fourth-order valence-corrected chi connectivity index (χ4v) is 7.20. The lowest BCUT2D eigenvalue weighted by atomic mass is 9.84. The monoisotopic (exact) mass is 629 g/mol. The molecular formula is C40H43N3O4. The number of hydrogen-bond donors (Lipinski definition) is 1. The van der Waals surface area contributed by atoms with Crippen LogP contribution in [0.1, 0.15) is 65.4 Å². The molecule has 0 spiro atoms. The van der Waals surface area contributed by atoms with Gasteiger partial charge in [0.05, 0.1) is 0 Å². The van der Waals surface area contributed by atoms with E-state index in [0.717, 1.165) is 22.4 Å². The average Bonchev–Trinajstić information content (AvgIpc) is 3.51. The number of aromatic nitrogens is 1. The van der Waals surface area contributed by atoms with Gasteiger partial charge in [-0.25, -0.2) is 0 Å². The number of para-hydroxylation sites is 1. The zero-order valence-corrected chi connectivity index (χ0v) is 27.6. The second-order valence-corrected chi connectivity index (χ2v) is 13.1. The van der Waals surface area contributed by atoms with E-state index < -0.39 is 18.1 Å². The summed E-state index contributed by atoms with van der Waals surface area (Å²) in [5.41, 5.74) is 6.48. The molecule has 4 atom stereocenters. The molecule has 1 aliphatic heterocycles. The number of ketones is 1. The molecule has 0 bridgehead atoms. The first-order chi connectivity index (χ1) is 22.7. The predicted molar refractivity (Wildman–Crippen MR) is 182 cm³/mol. The molecule has 1 aliphatic carbocycles. The van der Waals surface area contributed by atoms with Gasteiger partial charge in [0.2, 0.25) is 11.8 Å². The molecule has 1 fully saturated rings. The highest BCUT2D eigenvalue weighted by Gasteiger charge is 2.50. The van der Waals surface area contributed by atoms with Crippen LogP contribution in [0.15, 0.2) is 91.1 Å². The standard InChI is InChI=1S/C40H43N3O4/c1-5-25(2)37-39(45)42-36(32-20-29-15-9-10-16-30(29)21-32)40(46)43(37)38(33-23-41-27(4)19-26(33)3)34(44)22-31-17-11-12-18-35(31)47-24-28-13-7-6-8-14-28/h6-19,23,25,32,36-38H,5,20-22,24H2,1-4H3,(H,42,45)/t25-,36+,37+,38+/m0/s1. The Bertz CT molecular complexity index is 1750. The van der Waals surface area contributed by atoms with Crippen LogP contribution in [0.25, 0.3) is 0 Å². The van der Waals surface area contributed by atoms with Gasteiger partial charge < -0.3 is 15.0 Å². The predicted octanol–water partition coefficient (Wildman–Crippen LogP) is 6.29. The van der Waals surface area contributed by atoms with Gasteiger partial charge in [0, 0.05) is 29.4 Å². The first-order valence-corrected chi connectivity index (χ1v) is 16.6. The maximum atomic E-state index is 14.8. The molecular weight excluding hydrogens is 586 g/mol. The third kappa shape index (κ3) is 6.71. The van der Waals surface area contributed by atoms with Crippen LogP contribution in [0.2, 0.25) is 0 Å². The topological polar surface area (TPSA) is 88.6 Å². The van der Waals surface area contributed by atoms with Gasteiger partial charge in [-0.15, -0.1) is 0 Å². The minimum absolute atomic E-state index is 0.0289. The Morgan fingerprint density at radius 3 is 2.30 bits per heavy atom. The van der Waals surface area contributed by atoms with E-state index in [1.54, 1.807) is 11.1 Å². The Balaban J connectivity index is 1.38. The summed E-state index contributed by atoms with van der Waals surface area (Å²) in [6.45, 7) is 8.20. The first kappa shape index (κ1) is 32.2. The maximum Gasteiger partial charge on any atom is 0.247 e. The molecule has 6 rings (SSSR count). The fraction of sp³-hybridized carbons (Fsp3) is 0.350. The van der Waals surface area contributed by atoms with Crippen molar-refractivity contribution < 1.29 is 19.1 Å². The van der Waals surface area contributed by atoms with Crippen molar-refractivity contribution in [3.8, 4) is 5.75 Å². The van der Waals surface area contributed by atoms with Crippen molar-refractivity contribution >= 4 is 17.6 Å². The quantitative estimate of drug-likeness (QED) is 0.211. The van der Waals surface area contributed by atoms with E-state index in [2.05, 4.69) is 22.4 Å². The molecule has 1 N–H and O–H groups in total. The summed E-state index contributed by atoms with van der Waals surface area (Å²) < 4.78 is 6.22. The van der Waals surface area contributed by atoms with Crippen molar-refractivity contribution in [3.63, 3.8) is 0 Å². The zero-order chi connectivity index (χ0) is 33.1. The number of amides is 2. The zero-order valence-electron chi connectivity index (χ0n) is 27.6. The second kappa shape index (κ2) is 13.9. The van der Waals surface area contributed by atoms with E-state index in [-0.39, 0.29) is 35.9 Å². The van der Waals surface area contributed by atoms with E-state index in [1.165, 1.54) is 11.1 Å². The number of benzene rings is 3. The van der Waals surface area contributed by atoms with Crippen LogP contribution in [0.4, 0.5) is 0 Å². The van der Waals surface area contributed by atoms with Crippen LogP contribution < -0.4 is 10.1 Å². The summed E-state index contributed by atoms with van der Waals surface area (Å²) in [6, 6.07) is 25.1. The lowest BCUT2D eigenvalue weighted by Crippen LogP contribution is -2.68.